The van der Waals surface area contributed by atoms with Gasteiger partial charge in [-0.15, -0.1) is 0 Å². The Morgan fingerprint density at radius 1 is 0.692 bits per heavy atom. The van der Waals surface area contributed by atoms with E-state index < -0.39 is 10.1 Å². The zero-order valence-electron chi connectivity index (χ0n) is 17.4. The van der Waals surface area contributed by atoms with Crippen molar-refractivity contribution in [1.29, 1.82) is 0 Å². The Morgan fingerprint density at radius 3 is 1.31 bits per heavy atom. The third-order valence-corrected chi connectivity index (χ3v) is 5.69. The van der Waals surface area contributed by atoms with Gasteiger partial charge in [0.15, 0.2) is 0 Å². The smallest absolute Gasteiger partial charge is 0.748 e. The predicted molar refractivity (Wildman–Crippen MR) is 105 cm³/mol. The maximum absolute atomic E-state index is 10.5. The van der Waals surface area contributed by atoms with Crippen molar-refractivity contribution in [2.75, 3.05) is 5.75 Å². The van der Waals surface area contributed by atoms with E-state index in [2.05, 4.69) is 0 Å². The average Bonchev–Trinajstić information content (AvgIpc) is 2.56. The van der Waals surface area contributed by atoms with Crippen LogP contribution in [0.2, 0.25) is 0 Å². The Bertz CT molecular complexity index is 374. The Hall–Kier alpha value is 0.870. The molecule has 4 nitrogen and oxygen atoms in total. The van der Waals surface area contributed by atoms with Crippen LogP contribution >= 0.6 is 0 Å². The van der Waals surface area contributed by atoms with E-state index >= 15 is 0 Å². The van der Waals surface area contributed by atoms with Gasteiger partial charge >= 0.3 is 29.6 Å². The molecule has 0 spiro atoms. The zero-order chi connectivity index (χ0) is 18.8. The Balaban J connectivity index is 0. The van der Waals surface area contributed by atoms with Crippen LogP contribution in [0.25, 0.3) is 0 Å². The van der Waals surface area contributed by atoms with Gasteiger partial charge in [-0.2, -0.15) is 0 Å². The summed E-state index contributed by atoms with van der Waals surface area (Å²) in [5, 5.41) is 9.47. The van der Waals surface area contributed by atoms with E-state index in [9.17, 15) is 18.1 Å². The normalized spacial score (nSPS) is 12.7. The van der Waals surface area contributed by atoms with Gasteiger partial charge in [-0.1, -0.05) is 96.8 Å². The number of hydrogen-bond acceptors (Lipinski definition) is 4. The van der Waals surface area contributed by atoms with Crippen LogP contribution < -0.4 is 29.6 Å². The van der Waals surface area contributed by atoms with E-state index in [4.69, 9.17) is 0 Å². The van der Waals surface area contributed by atoms with Gasteiger partial charge in [0.1, 0.15) is 0 Å². The summed E-state index contributed by atoms with van der Waals surface area (Å²) in [5.41, 5.74) is 0. The minimum absolute atomic E-state index is 0. The van der Waals surface area contributed by atoms with E-state index in [0.29, 0.717) is 6.42 Å². The van der Waals surface area contributed by atoms with Crippen LogP contribution in [0.1, 0.15) is 116 Å². The Labute approximate surface area is 185 Å². The minimum Gasteiger partial charge on any atom is -0.748 e. The molecule has 0 aliphatic carbocycles. The second kappa shape index (κ2) is 20.6. The van der Waals surface area contributed by atoms with Crippen LogP contribution in [0.4, 0.5) is 0 Å². The number of aliphatic hydroxyl groups is 1. The summed E-state index contributed by atoms with van der Waals surface area (Å²) in [6.07, 6.45) is 19.6. The van der Waals surface area contributed by atoms with E-state index in [0.717, 1.165) is 32.1 Å². The van der Waals surface area contributed by atoms with Crippen LogP contribution in [0.3, 0.4) is 0 Å². The molecule has 0 saturated heterocycles. The molecule has 152 valence electrons. The number of rotatable bonds is 19. The van der Waals surface area contributed by atoms with Gasteiger partial charge in [0.05, 0.1) is 16.2 Å². The molecule has 1 N–H and O–H groups in total. The van der Waals surface area contributed by atoms with Crippen LogP contribution in [0.5, 0.6) is 0 Å². The quantitative estimate of drug-likeness (QED) is 0.205. The summed E-state index contributed by atoms with van der Waals surface area (Å²) in [5.74, 6) is -0.201. The molecule has 6 heteroatoms. The van der Waals surface area contributed by atoms with Crippen LogP contribution in [0.15, 0.2) is 0 Å². The molecule has 0 rings (SSSR count). The van der Waals surface area contributed by atoms with Crippen LogP contribution in [0, 0.1) is 0 Å². The molecular weight excluding hydrogens is 359 g/mol. The van der Waals surface area contributed by atoms with Crippen LogP contribution in [-0.4, -0.2) is 29.9 Å². The van der Waals surface area contributed by atoms with Crippen molar-refractivity contribution in [3.05, 3.63) is 0 Å². The zero-order valence-corrected chi connectivity index (χ0v) is 20.2. The van der Waals surface area contributed by atoms with Crippen molar-refractivity contribution in [2.45, 2.75) is 122 Å². The molecule has 0 fully saturated rings. The van der Waals surface area contributed by atoms with Gasteiger partial charge in [0.2, 0.25) is 0 Å². The average molecular weight is 401 g/mol. The van der Waals surface area contributed by atoms with Gasteiger partial charge in [-0.3, -0.25) is 0 Å². The fourth-order valence-electron chi connectivity index (χ4n) is 3.16. The van der Waals surface area contributed by atoms with Crippen molar-refractivity contribution >= 4 is 10.1 Å². The van der Waals surface area contributed by atoms with Crippen molar-refractivity contribution in [3.63, 3.8) is 0 Å². The Kier molecular flexibility index (Phi) is 23.0. The molecule has 0 aliphatic rings. The monoisotopic (exact) mass is 400 g/mol. The van der Waals surface area contributed by atoms with Gasteiger partial charge in [0.25, 0.3) is 0 Å². The second-order valence-corrected chi connectivity index (χ2v) is 8.94. The molecular formula is C20H41NaO4S. The molecule has 0 heterocycles. The van der Waals surface area contributed by atoms with E-state index in [1.54, 1.807) is 0 Å². The predicted octanol–water partition coefficient (Wildman–Crippen LogP) is 2.55. The largest absolute Gasteiger partial charge is 1.00 e. The first-order valence-corrected chi connectivity index (χ1v) is 12.1. The maximum atomic E-state index is 10.5. The molecule has 1 atom stereocenters. The van der Waals surface area contributed by atoms with Gasteiger partial charge < -0.3 is 9.66 Å². The molecule has 26 heavy (non-hydrogen) atoms. The first kappa shape index (κ1) is 29.1. The molecule has 0 aromatic heterocycles. The summed E-state index contributed by atoms with van der Waals surface area (Å²) in [7, 11) is -4.01. The summed E-state index contributed by atoms with van der Waals surface area (Å²) in [4.78, 5) is 0. The van der Waals surface area contributed by atoms with Crippen molar-refractivity contribution in [1.82, 2.24) is 0 Å². The summed E-state index contributed by atoms with van der Waals surface area (Å²) in [6.45, 7) is 2.04. The van der Waals surface area contributed by atoms with E-state index in [-0.39, 0.29) is 41.4 Å². The molecule has 0 aromatic carbocycles. The third kappa shape index (κ3) is 24.9. The number of aliphatic hydroxyl groups excluding tert-OH is 1. The van der Waals surface area contributed by atoms with Gasteiger partial charge in [-0.05, 0) is 19.3 Å². The van der Waals surface area contributed by atoms with E-state index in [1.807, 2.05) is 6.92 Å². The standard InChI is InChI=1S/C20H42O4S.Na/c1-2-20(21)18-16-14-12-10-8-6-4-3-5-7-9-11-13-15-17-19-25(22,23)24;/h20-21H,2-19H2,1H3,(H,22,23,24);/q;+1/p-1. The molecule has 0 saturated carbocycles. The maximum Gasteiger partial charge on any atom is 1.00 e. The molecule has 0 aliphatic heterocycles. The third-order valence-electron chi connectivity index (χ3n) is 4.90. The second-order valence-electron chi connectivity index (χ2n) is 7.42. The SMILES string of the molecule is CCC(O)CCCCCCCCCCCCCCCCCS(=O)(=O)[O-].[Na+]. The van der Waals surface area contributed by atoms with Crippen molar-refractivity contribution < 1.29 is 47.6 Å². The fourth-order valence-corrected chi connectivity index (χ4v) is 3.72. The topological polar surface area (TPSA) is 77.4 Å². The molecule has 0 radical (unpaired) electrons. The minimum atomic E-state index is -4.01. The van der Waals surface area contributed by atoms with Crippen molar-refractivity contribution in [3.8, 4) is 0 Å². The fraction of sp³-hybridized carbons (Fsp3) is 1.00. The molecule has 0 bridgehead atoms. The van der Waals surface area contributed by atoms with Gasteiger partial charge in [-0.25, -0.2) is 8.42 Å². The van der Waals surface area contributed by atoms with Crippen molar-refractivity contribution in [2.24, 2.45) is 0 Å². The summed E-state index contributed by atoms with van der Waals surface area (Å²) >= 11 is 0. The first-order chi connectivity index (χ1) is 12.0. The first-order valence-electron chi connectivity index (χ1n) is 10.6. The van der Waals surface area contributed by atoms with E-state index in [1.165, 1.54) is 70.6 Å². The van der Waals surface area contributed by atoms with Gasteiger partial charge in [0, 0.05) is 5.75 Å². The van der Waals surface area contributed by atoms with Crippen LogP contribution in [-0.2, 0) is 10.1 Å². The Morgan fingerprint density at radius 2 is 1.00 bits per heavy atom. The summed E-state index contributed by atoms with van der Waals surface area (Å²) in [6, 6.07) is 0. The number of hydrogen-bond donors (Lipinski definition) is 1. The summed E-state index contributed by atoms with van der Waals surface area (Å²) < 4.78 is 31.4. The molecule has 0 aromatic rings. The molecule has 0 amide bonds. The number of unbranched alkanes of at least 4 members (excludes halogenated alkanes) is 14. The molecule has 1 unspecified atom stereocenters.